The van der Waals surface area contributed by atoms with Gasteiger partial charge in [-0.2, -0.15) is 0 Å². The maximum absolute atomic E-state index is 7.87. The van der Waals surface area contributed by atoms with Crippen LogP contribution in [0.5, 0.6) is 5.75 Å². The Morgan fingerprint density at radius 3 is 2.46 bits per heavy atom. The Bertz CT molecular complexity index is 939. The number of nitrogens with zero attached hydrogens (tertiary/aromatic N) is 1. The summed E-state index contributed by atoms with van der Waals surface area (Å²) in [5, 5.41) is 4.90. The minimum Gasteiger partial charge on any atom is -0.487 e. The molecule has 0 saturated heterocycles. The van der Waals surface area contributed by atoms with Gasteiger partial charge in [-0.25, -0.2) is 5.53 Å². The molecule has 1 heterocycles. The fourth-order valence-corrected chi connectivity index (χ4v) is 3.98. The van der Waals surface area contributed by atoms with Gasteiger partial charge in [0.05, 0.1) is 11.3 Å². The highest BCUT2D eigenvalue weighted by Crippen LogP contribution is 2.44. The lowest BCUT2D eigenvalue weighted by Gasteiger charge is -2.36. The summed E-state index contributed by atoms with van der Waals surface area (Å²) in [7, 11) is 0. The molecule has 2 aromatic rings. The number of benzene rings is 2. The molecular weight excluding hydrogens is 395 g/mol. The van der Waals surface area contributed by atoms with Crippen molar-refractivity contribution in [3.8, 4) is 5.75 Å². The van der Waals surface area contributed by atoms with Crippen molar-refractivity contribution in [1.82, 2.24) is 0 Å². The van der Waals surface area contributed by atoms with Crippen LogP contribution in [0.3, 0.4) is 0 Å². The molecular formula is C22H22Cl2N2O2. The van der Waals surface area contributed by atoms with Gasteiger partial charge in [-0.1, -0.05) is 67.4 Å². The number of hydrogen-bond acceptors (Lipinski definition) is 4. The minimum atomic E-state index is -1.15. The molecule has 146 valence electrons. The first-order valence-electron chi connectivity index (χ1n) is 8.99. The molecule has 0 spiro atoms. The first-order valence-corrected chi connectivity index (χ1v) is 9.75. The van der Waals surface area contributed by atoms with E-state index < -0.39 is 5.72 Å². The van der Waals surface area contributed by atoms with Crippen LogP contribution in [-0.4, -0.2) is 6.61 Å². The van der Waals surface area contributed by atoms with Crippen LogP contribution in [0.2, 0.25) is 10.0 Å². The maximum atomic E-state index is 7.87. The van der Waals surface area contributed by atoms with E-state index in [0.717, 1.165) is 22.3 Å². The monoisotopic (exact) mass is 416 g/mol. The van der Waals surface area contributed by atoms with Crippen molar-refractivity contribution in [2.45, 2.75) is 26.5 Å². The number of rotatable bonds is 6. The lowest BCUT2D eigenvalue weighted by atomic mass is 9.83. The molecule has 1 aliphatic rings. The zero-order valence-electron chi connectivity index (χ0n) is 16.0. The molecule has 0 aliphatic carbocycles. The Kier molecular flexibility index (Phi) is 6.11. The molecule has 6 heteroatoms. The van der Waals surface area contributed by atoms with Gasteiger partial charge in [0.1, 0.15) is 12.4 Å². The van der Waals surface area contributed by atoms with E-state index in [-0.39, 0.29) is 12.5 Å². The summed E-state index contributed by atoms with van der Waals surface area (Å²) in [5.74, 6) is 0.752. The van der Waals surface area contributed by atoms with Gasteiger partial charge < -0.3 is 9.47 Å². The van der Waals surface area contributed by atoms with Gasteiger partial charge in [0.15, 0.2) is 0 Å². The van der Waals surface area contributed by atoms with E-state index in [0.29, 0.717) is 15.8 Å². The molecule has 4 nitrogen and oxygen atoms in total. The molecule has 0 bridgehead atoms. The predicted octanol–water partition coefficient (Wildman–Crippen LogP) is 7.14. The quantitative estimate of drug-likeness (QED) is 0.508. The van der Waals surface area contributed by atoms with Crippen LogP contribution >= 0.6 is 23.2 Å². The van der Waals surface area contributed by atoms with Gasteiger partial charge in [-0.15, -0.1) is 5.11 Å². The van der Waals surface area contributed by atoms with Crippen LogP contribution in [0, 0.1) is 11.4 Å². The maximum Gasteiger partial charge on any atom is 0.265 e. The second-order valence-electron chi connectivity index (χ2n) is 6.94. The van der Waals surface area contributed by atoms with Crippen LogP contribution in [0.25, 0.3) is 0 Å². The third kappa shape index (κ3) is 3.80. The van der Waals surface area contributed by atoms with Crippen LogP contribution in [0.1, 0.15) is 26.3 Å². The summed E-state index contributed by atoms with van der Waals surface area (Å²) in [6, 6.07) is 14.7. The van der Waals surface area contributed by atoms with Gasteiger partial charge in [0, 0.05) is 21.7 Å². The average molecular weight is 417 g/mol. The summed E-state index contributed by atoms with van der Waals surface area (Å²) in [6.07, 6.45) is 1.65. The Morgan fingerprint density at radius 2 is 1.86 bits per heavy atom. The van der Waals surface area contributed by atoms with Gasteiger partial charge in [-0.05, 0) is 36.6 Å². The standard InChI is InChI=1S/C22H22Cl2N2O2/c1-14(2)21-15(3)22(26-25,17-7-5-4-6-8-17)28-13-16(21)12-27-20-10-9-18(23)11-19(20)24/h4-11,13-14,25H,12H2,1-3H3. The molecule has 1 aliphatic heterocycles. The van der Waals surface area contributed by atoms with Crippen molar-refractivity contribution in [3.63, 3.8) is 0 Å². The molecule has 0 aromatic heterocycles. The third-order valence-electron chi connectivity index (χ3n) is 4.81. The normalized spacial score (nSPS) is 19.3. The van der Waals surface area contributed by atoms with Crippen molar-refractivity contribution in [2.75, 3.05) is 6.61 Å². The second-order valence-corrected chi connectivity index (χ2v) is 7.78. The summed E-state index contributed by atoms with van der Waals surface area (Å²) < 4.78 is 12.0. The van der Waals surface area contributed by atoms with E-state index in [1.165, 1.54) is 0 Å². The van der Waals surface area contributed by atoms with E-state index in [1.807, 2.05) is 37.3 Å². The summed E-state index contributed by atoms with van der Waals surface area (Å²) in [5.41, 5.74) is 10.4. The molecule has 0 amide bonds. The number of nitrogens with one attached hydrogen (secondary N) is 1. The molecule has 28 heavy (non-hydrogen) atoms. The fraction of sp³-hybridized carbons (Fsp3) is 0.273. The lowest BCUT2D eigenvalue weighted by molar-refractivity contribution is 0.0429. The van der Waals surface area contributed by atoms with Crippen LogP contribution in [0.4, 0.5) is 0 Å². The highest BCUT2D eigenvalue weighted by molar-refractivity contribution is 6.35. The molecule has 3 rings (SSSR count). The molecule has 0 radical (unpaired) electrons. The first-order chi connectivity index (χ1) is 13.4. The van der Waals surface area contributed by atoms with E-state index >= 15 is 0 Å². The summed E-state index contributed by atoms with van der Waals surface area (Å²) >= 11 is 12.2. The Hall–Kier alpha value is -2.30. The highest BCUT2D eigenvalue weighted by Gasteiger charge is 2.41. The lowest BCUT2D eigenvalue weighted by Crippen LogP contribution is -2.32. The van der Waals surface area contributed by atoms with E-state index in [4.69, 9.17) is 38.2 Å². The molecule has 1 atom stereocenters. The smallest absolute Gasteiger partial charge is 0.265 e. The summed E-state index contributed by atoms with van der Waals surface area (Å²) in [4.78, 5) is 0. The van der Waals surface area contributed by atoms with Gasteiger partial charge in [0.25, 0.3) is 5.72 Å². The van der Waals surface area contributed by atoms with Crippen molar-refractivity contribution in [3.05, 3.63) is 87.1 Å². The van der Waals surface area contributed by atoms with Gasteiger partial charge in [-0.3, -0.25) is 0 Å². The predicted molar refractivity (Wildman–Crippen MR) is 112 cm³/mol. The molecule has 1 unspecified atom stereocenters. The molecule has 2 aromatic carbocycles. The largest absolute Gasteiger partial charge is 0.487 e. The second kappa shape index (κ2) is 8.38. The zero-order chi connectivity index (χ0) is 20.3. The van der Waals surface area contributed by atoms with Crippen molar-refractivity contribution in [1.29, 1.82) is 5.53 Å². The van der Waals surface area contributed by atoms with E-state index in [2.05, 4.69) is 19.0 Å². The Balaban J connectivity index is 1.94. The number of hydrogen-bond donors (Lipinski definition) is 1. The SMILES string of the molecule is CC1=C(C(C)C)C(COc2ccc(Cl)cc2Cl)=COC1(N=N)c1ccccc1. The van der Waals surface area contributed by atoms with Crippen LogP contribution in [0.15, 0.2) is 76.6 Å². The van der Waals surface area contributed by atoms with E-state index in [1.54, 1.807) is 24.5 Å². The molecule has 1 N–H and O–H groups in total. The summed E-state index contributed by atoms with van der Waals surface area (Å²) in [6.45, 7) is 6.46. The van der Waals surface area contributed by atoms with Crippen LogP contribution < -0.4 is 4.74 Å². The topological polar surface area (TPSA) is 54.7 Å². The van der Waals surface area contributed by atoms with Crippen molar-refractivity contribution in [2.24, 2.45) is 11.0 Å². The Labute approximate surface area is 175 Å². The average Bonchev–Trinajstić information content (AvgIpc) is 2.68. The minimum absolute atomic E-state index is 0.198. The fourth-order valence-electron chi connectivity index (χ4n) is 3.52. The molecule has 0 fully saturated rings. The van der Waals surface area contributed by atoms with Crippen molar-refractivity contribution >= 4 is 23.2 Å². The molecule has 0 saturated carbocycles. The first kappa shape index (κ1) is 20.4. The number of ether oxygens (including phenoxy) is 2. The number of halogens is 2. The Morgan fingerprint density at radius 1 is 1.14 bits per heavy atom. The van der Waals surface area contributed by atoms with Gasteiger partial charge >= 0.3 is 0 Å². The third-order valence-corrected chi connectivity index (χ3v) is 5.34. The van der Waals surface area contributed by atoms with Crippen molar-refractivity contribution < 1.29 is 9.47 Å². The van der Waals surface area contributed by atoms with E-state index in [9.17, 15) is 0 Å². The zero-order valence-corrected chi connectivity index (χ0v) is 17.5. The highest BCUT2D eigenvalue weighted by atomic mass is 35.5. The van der Waals surface area contributed by atoms with Crippen LogP contribution in [-0.2, 0) is 10.5 Å². The van der Waals surface area contributed by atoms with Gasteiger partial charge in [0.2, 0.25) is 0 Å².